The van der Waals surface area contributed by atoms with Crippen LogP contribution in [0, 0.1) is 0 Å². The summed E-state index contributed by atoms with van der Waals surface area (Å²) in [7, 11) is 0. The van der Waals surface area contributed by atoms with E-state index in [1.807, 2.05) is 49.0 Å². The minimum absolute atomic E-state index is 0.130. The number of nitrogens with zero attached hydrogens (tertiary/aromatic N) is 6. The highest BCUT2D eigenvalue weighted by molar-refractivity contribution is 7.99. The lowest BCUT2D eigenvalue weighted by atomic mass is 9.90. The Kier molecular flexibility index (Phi) is 5.21. The smallest absolute Gasteiger partial charge is 0.252 e. The monoisotopic (exact) mass is 488 g/mol. The number of thioether (sulfide) groups is 1. The van der Waals surface area contributed by atoms with E-state index in [-0.39, 0.29) is 17.9 Å². The Morgan fingerprint density at radius 1 is 1.14 bits per heavy atom. The summed E-state index contributed by atoms with van der Waals surface area (Å²) in [6, 6.07) is 13.3. The van der Waals surface area contributed by atoms with Crippen LogP contribution in [0.2, 0.25) is 0 Å². The van der Waals surface area contributed by atoms with Crippen molar-refractivity contribution in [1.29, 1.82) is 0 Å². The van der Waals surface area contributed by atoms with E-state index in [2.05, 4.69) is 25.5 Å². The summed E-state index contributed by atoms with van der Waals surface area (Å²) >= 11 is 1.92. The molecule has 0 aliphatic carbocycles. The topological polar surface area (TPSA) is 129 Å². The van der Waals surface area contributed by atoms with E-state index >= 15 is 0 Å². The van der Waals surface area contributed by atoms with Gasteiger partial charge in [-0.1, -0.05) is 30.3 Å². The Morgan fingerprint density at radius 2 is 1.94 bits per heavy atom. The molecule has 178 valence electrons. The van der Waals surface area contributed by atoms with Crippen LogP contribution in [0.5, 0.6) is 0 Å². The highest BCUT2D eigenvalue weighted by atomic mass is 32.2. The molecular weight excluding hydrogens is 464 g/mol. The van der Waals surface area contributed by atoms with Crippen molar-refractivity contribution in [2.45, 2.75) is 31.3 Å². The number of fused-ring (bicyclic) bond motifs is 3. The van der Waals surface area contributed by atoms with Gasteiger partial charge in [-0.15, -0.1) is 5.10 Å². The molecule has 0 radical (unpaired) electrons. The van der Waals surface area contributed by atoms with Gasteiger partial charge in [0.05, 0.1) is 17.8 Å². The van der Waals surface area contributed by atoms with E-state index in [1.165, 1.54) is 4.52 Å². The molecule has 0 saturated carbocycles. The molecule has 0 bridgehead atoms. The SMILES string of the molecule is CC(C(=O)NC1CCSCC1)(c1ccccc1)n1ncc2c1nc(N)n1nc(-c3ccco3)nc21. The molecule has 1 amide bonds. The Labute approximate surface area is 204 Å². The van der Waals surface area contributed by atoms with Gasteiger partial charge >= 0.3 is 0 Å². The predicted molar refractivity (Wildman–Crippen MR) is 134 cm³/mol. The fourth-order valence-electron chi connectivity index (χ4n) is 4.53. The predicted octanol–water partition coefficient (Wildman–Crippen LogP) is 3.09. The number of nitrogens with one attached hydrogen (secondary N) is 1. The van der Waals surface area contributed by atoms with Crippen LogP contribution in [0.15, 0.2) is 59.3 Å². The lowest BCUT2D eigenvalue weighted by Gasteiger charge is -2.33. The Hall–Kier alpha value is -3.86. The average Bonchev–Trinajstić information content (AvgIpc) is 3.64. The molecule has 35 heavy (non-hydrogen) atoms. The summed E-state index contributed by atoms with van der Waals surface area (Å²) in [5, 5.41) is 13.0. The molecule has 10 nitrogen and oxygen atoms in total. The van der Waals surface area contributed by atoms with Crippen molar-refractivity contribution in [2.75, 3.05) is 17.2 Å². The first-order valence-electron chi connectivity index (χ1n) is 11.4. The van der Waals surface area contributed by atoms with Crippen molar-refractivity contribution < 1.29 is 9.21 Å². The zero-order valence-corrected chi connectivity index (χ0v) is 19.9. The summed E-state index contributed by atoms with van der Waals surface area (Å²) in [5.74, 6) is 3.00. The van der Waals surface area contributed by atoms with Crippen molar-refractivity contribution >= 4 is 40.3 Å². The molecule has 6 rings (SSSR count). The minimum atomic E-state index is -1.16. The first-order chi connectivity index (χ1) is 17.1. The second-order valence-electron chi connectivity index (χ2n) is 8.71. The van der Waals surface area contributed by atoms with Gasteiger partial charge in [0, 0.05) is 6.04 Å². The summed E-state index contributed by atoms with van der Waals surface area (Å²) in [6.45, 7) is 1.86. The maximum Gasteiger partial charge on any atom is 0.252 e. The highest BCUT2D eigenvalue weighted by Gasteiger charge is 2.41. The summed E-state index contributed by atoms with van der Waals surface area (Å²) in [5.41, 5.74) is 6.88. The molecule has 3 N–H and O–H groups in total. The molecule has 1 aromatic carbocycles. The molecule has 1 aliphatic heterocycles. The standard InChI is InChI=1S/C24H24N8O2S/c1-24(15-6-3-2-4-7-15,22(33)27-16-9-12-35-13-10-16)32-21-17(14-26-32)20-28-19(18-8-5-11-34-18)30-31(20)23(25)29-21/h2-8,11,14,16H,9-10,12-13H2,1H3,(H2,25,29)(H,27,33). The van der Waals surface area contributed by atoms with E-state index in [0.717, 1.165) is 29.9 Å². The van der Waals surface area contributed by atoms with Crippen LogP contribution < -0.4 is 11.1 Å². The highest BCUT2D eigenvalue weighted by Crippen LogP contribution is 2.32. The van der Waals surface area contributed by atoms with Crippen molar-refractivity contribution in [3.05, 3.63) is 60.5 Å². The number of rotatable bonds is 5. The molecule has 5 heterocycles. The van der Waals surface area contributed by atoms with E-state index < -0.39 is 5.54 Å². The molecule has 1 fully saturated rings. The Morgan fingerprint density at radius 3 is 2.69 bits per heavy atom. The zero-order valence-electron chi connectivity index (χ0n) is 19.1. The van der Waals surface area contributed by atoms with E-state index in [1.54, 1.807) is 29.3 Å². The van der Waals surface area contributed by atoms with E-state index in [9.17, 15) is 4.79 Å². The number of anilines is 1. The van der Waals surface area contributed by atoms with Crippen LogP contribution in [0.25, 0.3) is 28.3 Å². The number of nitrogen functional groups attached to an aromatic ring is 1. The van der Waals surface area contributed by atoms with Crippen LogP contribution in [0.3, 0.4) is 0 Å². The quantitative estimate of drug-likeness (QED) is 0.386. The third-order valence-corrected chi connectivity index (χ3v) is 7.58. The van der Waals surface area contributed by atoms with Crippen molar-refractivity contribution in [3.63, 3.8) is 0 Å². The molecule has 0 spiro atoms. The van der Waals surface area contributed by atoms with Gasteiger partial charge < -0.3 is 15.5 Å². The van der Waals surface area contributed by atoms with Crippen LogP contribution in [-0.4, -0.2) is 52.8 Å². The number of amides is 1. The van der Waals surface area contributed by atoms with Crippen molar-refractivity contribution in [1.82, 2.24) is 34.7 Å². The van der Waals surface area contributed by atoms with Gasteiger partial charge in [-0.25, -0.2) is 9.67 Å². The summed E-state index contributed by atoms with van der Waals surface area (Å²) in [6.07, 6.45) is 5.11. The van der Waals surface area contributed by atoms with Crippen LogP contribution in [0.1, 0.15) is 25.3 Å². The molecule has 11 heteroatoms. The fraction of sp³-hybridized carbons (Fsp3) is 0.292. The second-order valence-corrected chi connectivity index (χ2v) is 9.93. The molecular formula is C24H24N8O2S. The fourth-order valence-corrected chi connectivity index (χ4v) is 5.63. The van der Waals surface area contributed by atoms with Crippen molar-refractivity contribution in [3.8, 4) is 11.6 Å². The third kappa shape index (κ3) is 3.54. The average molecular weight is 489 g/mol. The number of carbonyl (C=O) groups excluding carboxylic acids is 1. The van der Waals surface area contributed by atoms with Gasteiger partial charge in [0.15, 0.2) is 22.6 Å². The number of hydrogen-bond acceptors (Lipinski definition) is 8. The largest absolute Gasteiger partial charge is 0.461 e. The number of carbonyl (C=O) groups is 1. The molecule has 5 aromatic rings. The van der Waals surface area contributed by atoms with E-state index in [0.29, 0.717) is 28.3 Å². The normalized spacial score (nSPS) is 16.5. The Bertz CT molecular complexity index is 1510. The summed E-state index contributed by atoms with van der Waals surface area (Å²) in [4.78, 5) is 23.1. The minimum Gasteiger partial charge on any atom is -0.461 e. The molecule has 1 unspecified atom stereocenters. The number of aromatic nitrogens is 6. The van der Waals surface area contributed by atoms with Crippen molar-refractivity contribution in [2.24, 2.45) is 0 Å². The zero-order chi connectivity index (χ0) is 24.0. The first-order valence-corrected chi connectivity index (χ1v) is 12.6. The second kappa shape index (κ2) is 8.42. The molecule has 1 aliphatic rings. The summed E-state index contributed by atoms with van der Waals surface area (Å²) < 4.78 is 8.55. The van der Waals surface area contributed by atoms with Gasteiger partial charge in [0.1, 0.15) is 0 Å². The van der Waals surface area contributed by atoms with Crippen LogP contribution in [-0.2, 0) is 10.3 Å². The van der Waals surface area contributed by atoms with Gasteiger partial charge in [-0.3, -0.25) is 4.79 Å². The third-order valence-electron chi connectivity index (χ3n) is 6.53. The number of furan rings is 1. The number of hydrogen-bond donors (Lipinski definition) is 2. The molecule has 1 atom stereocenters. The van der Waals surface area contributed by atoms with Gasteiger partial charge in [0.2, 0.25) is 11.8 Å². The van der Waals surface area contributed by atoms with Crippen LogP contribution in [0.4, 0.5) is 5.95 Å². The molecule has 1 saturated heterocycles. The number of benzene rings is 1. The molecule has 4 aromatic heterocycles. The lowest BCUT2D eigenvalue weighted by molar-refractivity contribution is -0.128. The first kappa shape index (κ1) is 21.7. The van der Waals surface area contributed by atoms with Gasteiger partial charge in [-0.2, -0.15) is 26.4 Å². The maximum absolute atomic E-state index is 13.9. The Balaban J connectivity index is 1.51. The van der Waals surface area contributed by atoms with Gasteiger partial charge in [-0.05, 0) is 49.0 Å². The lowest BCUT2D eigenvalue weighted by Crippen LogP contribution is -2.51. The number of nitrogens with two attached hydrogens (primary N) is 1. The van der Waals surface area contributed by atoms with Crippen LogP contribution >= 0.6 is 11.8 Å². The maximum atomic E-state index is 13.9. The van der Waals surface area contributed by atoms with E-state index in [4.69, 9.17) is 10.2 Å². The van der Waals surface area contributed by atoms with Gasteiger partial charge in [0.25, 0.3) is 5.91 Å².